The number of nitrogens with two attached hydrogens (primary N) is 2. The van der Waals surface area contributed by atoms with Gasteiger partial charge in [0, 0.05) is 22.4 Å². The standard InChI is InChI=1S/C15H15FN2O2/c16-13-4-2-1-3-11(13)8-20-9-12-6-5-10(15(18)19)7-14(12)17/h1-7H,8-9,17H2,(H2,18,19). The monoisotopic (exact) mass is 274 g/mol. The summed E-state index contributed by atoms with van der Waals surface area (Å²) in [6.07, 6.45) is 0. The molecule has 2 rings (SSSR count). The first-order valence-electron chi connectivity index (χ1n) is 6.07. The summed E-state index contributed by atoms with van der Waals surface area (Å²) in [5, 5.41) is 0. The van der Waals surface area contributed by atoms with E-state index in [1.165, 1.54) is 12.1 Å². The van der Waals surface area contributed by atoms with Crippen LogP contribution in [0.2, 0.25) is 0 Å². The molecule has 20 heavy (non-hydrogen) atoms. The molecule has 2 aromatic rings. The van der Waals surface area contributed by atoms with Gasteiger partial charge >= 0.3 is 0 Å². The number of carbonyl (C=O) groups excluding carboxylic acids is 1. The molecule has 104 valence electrons. The Balaban J connectivity index is 1.98. The van der Waals surface area contributed by atoms with Crippen molar-refractivity contribution in [1.29, 1.82) is 0 Å². The molecule has 5 heteroatoms. The Morgan fingerprint density at radius 2 is 1.80 bits per heavy atom. The van der Waals surface area contributed by atoms with Crippen LogP contribution in [0.5, 0.6) is 0 Å². The van der Waals surface area contributed by atoms with Crippen LogP contribution >= 0.6 is 0 Å². The molecule has 0 bridgehead atoms. The van der Waals surface area contributed by atoms with Gasteiger partial charge in [0.05, 0.1) is 13.2 Å². The maximum absolute atomic E-state index is 13.4. The van der Waals surface area contributed by atoms with Gasteiger partial charge in [-0.25, -0.2) is 4.39 Å². The number of rotatable bonds is 5. The Bertz CT molecular complexity index is 629. The van der Waals surface area contributed by atoms with E-state index in [4.69, 9.17) is 16.2 Å². The second-order valence-corrected chi connectivity index (χ2v) is 4.36. The SMILES string of the molecule is NC(=O)c1ccc(COCc2ccccc2F)c(N)c1. The summed E-state index contributed by atoms with van der Waals surface area (Å²) in [6, 6.07) is 11.2. The number of carbonyl (C=O) groups is 1. The van der Waals surface area contributed by atoms with Gasteiger partial charge in [-0.1, -0.05) is 24.3 Å². The smallest absolute Gasteiger partial charge is 0.248 e. The first kappa shape index (κ1) is 14.0. The summed E-state index contributed by atoms with van der Waals surface area (Å²) in [5.74, 6) is -0.833. The number of amides is 1. The largest absolute Gasteiger partial charge is 0.398 e. The number of primary amides is 1. The van der Waals surface area contributed by atoms with E-state index in [9.17, 15) is 9.18 Å². The fourth-order valence-corrected chi connectivity index (χ4v) is 1.77. The Morgan fingerprint density at radius 1 is 1.10 bits per heavy atom. The average Bonchev–Trinajstić information content (AvgIpc) is 2.42. The molecule has 0 aliphatic rings. The maximum Gasteiger partial charge on any atom is 0.248 e. The minimum Gasteiger partial charge on any atom is -0.398 e. The van der Waals surface area contributed by atoms with Gasteiger partial charge in [0.2, 0.25) is 5.91 Å². The first-order valence-corrected chi connectivity index (χ1v) is 6.07. The third-order valence-electron chi connectivity index (χ3n) is 2.90. The number of nitrogen functional groups attached to an aromatic ring is 1. The van der Waals surface area contributed by atoms with Gasteiger partial charge in [-0.15, -0.1) is 0 Å². The minimum atomic E-state index is -0.532. The Morgan fingerprint density at radius 3 is 2.45 bits per heavy atom. The molecular weight excluding hydrogens is 259 g/mol. The van der Waals surface area contributed by atoms with Crippen molar-refractivity contribution in [3.05, 3.63) is 65.0 Å². The predicted octanol–water partition coefficient (Wildman–Crippen LogP) is 2.22. The van der Waals surface area contributed by atoms with Crippen LogP contribution in [0.4, 0.5) is 10.1 Å². The Hall–Kier alpha value is -2.40. The van der Waals surface area contributed by atoms with E-state index in [0.717, 1.165) is 5.56 Å². The highest BCUT2D eigenvalue weighted by molar-refractivity contribution is 5.93. The van der Waals surface area contributed by atoms with E-state index in [2.05, 4.69) is 0 Å². The summed E-state index contributed by atoms with van der Waals surface area (Å²) in [5.41, 5.74) is 13.0. The lowest BCUT2D eigenvalue weighted by atomic mass is 10.1. The van der Waals surface area contributed by atoms with Crippen LogP contribution < -0.4 is 11.5 Å². The number of hydrogen-bond acceptors (Lipinski definition) is 3. The lowest BCUT2D eigenvalue weighted by Gasteiger charge is -2.08. The van der Waals surface area contributed by atoms with E-state index < -0.39 is 5.91 Å². The average molecular weight is 274 g/mol. The molecule has 2 aromatic carbocycles. The van der Waals surface area contributed by atoms with Crippen molar-refractivity contribution in [1.82, 2.24) is 0 Å². The maximum atomic E-state index is 13.4. The molecule has 0 radical (unpaired) electrons. The molecule has 0 fully saturated rings. The zero-order valence-electron chi connectivity index (χ0n) is 10.8. The topological polar surface area (TPSA) is 78.3 Å². The number of ether oxygens (including phenoxy) is 1. The quantitative estimate of drug-likeness (QED) is 0.821. The number of hydrogen-bond donors (Lipinski definition) is 2. The lowest BCUT2D eigenvalue weighted by Crippen LogP contribution is -2.11. The molecule has 0 spiro atoms. The molecule has 0 aromatic heterocycles. The first-order chi connectivity index (χ1) is 9.58. The van der Waals surface area contributed by atoms with Gasteiger partial charge in [-0.2, -0.15) is 0 Å². The van der Waals surface area contributed by atoms with Crippen LogP contribution in [0.15, 0.2) is 42.5 Å². The van der Waals surface area contributed by atoms with Crippen LogP contribution in [-0.2, 0) is 18.0 Å². The zero-order chi connectivity index (χ0) is 14.5. The molecule has 0 heterocycles. The van der Waals surface area contributed by atoms with Crippen molar-refractivity contribution >= 4 is 11.6 Å². The Kier molecular flexibility index (Phi) is 4.32. The van der Waals surface area contributed by atoms with Crippen molar-refractivity contribution in [2.24, 2.45) is 5.73 Å². The third-order valence-corrected chi connectivity index (χ3v) is 2.90. The van der Waals surface area contributed by atoms with Crippen LogP contribution in [0.25, 0.3) is 0 Å². The molecule has 4 nitrogen and oxygen atoms in total. The molecule has 1 amide bonds. The van der Waals surface area contributed by atoms with Crippen molar-refractivity contribution < 1.29 is 13.9 Å². The molecule has 0 saturated heterocycles. The van der Waals surface area contributed by atoms with Crippen molar-refractivity contribution in [2.45, 2.75) is 13.2 Å². The van der Waals surface area contributed by atoms with Gasteiger partial charge in [0.1, 0.15) is 5.82 Å². The second-order valence-electron chi connectivity index (χ2n) is 4.36. The van der Waals surface area contributed by atoms with Gasteiger partial charge in [0.15, 0.2) is 0 Å². The van der Waals surface area contributed by atoms with E-state index in [-0.39, 0.29) is 19.0 Å². The van der Waals surface area contributed by atoms with Gasteiger partial charge < -0.3 is 16.2 Å². The summed E-state index contributed by atoms with van der Waals surface area (Å²) in [4.78, 5) is 11.0. The number of halogens is 1. The number of benzene rings is 2. The normalized spacial score (nSPS) is 10.4. The molecule has 0 saturated carbocycles. The van der Waals surface area contributed by atoms with Crippen molar-refractivity contribution in [3.63, 3.8) is 0 Å². The van der Waals surface area contributed by atoms with Crippen LogP contribution in [-0.4, -0.2) is 5.91 Å². The van der Waals surface area contributed by atoms with E-state index in [1.807, 2.05) is 0 Å². The molecule has 0 atom stereocenters. The van der Waals surface area contributed by atoms with Crippen LogP contribution in [0, 0.1) is 5.82 Å². The van der Waals surface area contributed by atoms with Crippen LogP contribution in [0.3, 0.4) is 0 Å². The molecule has 0 aliphatic carbocycles. The van der Waals surface area contributed by atoms with Crippen molar-refractivity contribution in [3.8, 4) is 0 Å². The highest BCUT2D eigenvalue weighted by Gasteiger charge is 2.06. The summed E-state index contributed by atoms with van der Waals surface area (Å²) < 4.78 is 18.8. The zero-order valence-corrected chi connectivity index (χ0v) is 10.8. The molecular formula is C15H15FN2O2. The molecule has 0 aliphatic heterocycles. The number of anilines is 1. The predicted molar refractivity (Wildman–Crippen MR) is 74.3 cm³/mol. The van der Waals surface area contributed by atoms with Crippen molar-refractivity contribution in [2.75, 3.05) is 5.73 Å². The minimum absolute atomic E-state index is 0.156. The van der Waals surface area contributed by atoms with Crippen LogP contribution in [0.1, 0.15) is 21.5 Å². The summed E-state index contributed by atoms with van der Waals surface area (Å²) in [6.45, 7) is 0.392. The lowest BCUT2D eigenvalue weighted by molar-refractivity contribution is 0.0998. The fraction of sp³-hybridized carbons (Fsp3) is 0.133. The Labute approximate surface area is 116 Å². The molecule has 0 unspecified atom stereocenters. The van der Waals surface area contributed by atoms with E-state index >= 15 is 0 Å². The van der Waals surface area contributed by atoms with E-state index in [1.54, 1.807) is 30.3 Å². The highest BCUT2D eigenvalue weighted by atomic mass is 19.1. The molecule has 4 N–H and O–H groups in total. The van der Waals surface area contributed by atoms with Gasteiger partial charge in [-0.3, -0.25) is 4.79 Å². The second kappa shape index (κ2) is 6.16. The highest BCUT2D eigenvalue weighted by Crippen LogP contribution is 2.16. The summed E-state index contributed by atoms with van der Waals surface area (Å²) >= 11 is 0. The van der Waals surface area contributed by atoms with E-state index in [0.29, 0.717) is 16.8 Å². The van der Waals surface area contributed by atoms with Gasteiger partial charge in [-0.05, 0) is 18.2 Å². The fourth-order valence-electron chi connectivity index (χ4n) is 1.77. The van der Waals surface area contributed by atoms with Gasteiger partial charge in [0.25, 0.3) is 0 Å². The third kappa shape index (κ3) is 3.33. The summed E-state index contributed by atoms with van der Waals surface area (Å²) in [7, 11) is 0.